The predicted molar refractivity (Wildman–Crippen MR) is 86.5 cm³/mol. The Morgan fingerprint density at radius 2 is 1.68 bits per heavy atom. The Hall–Kier alpha value is -2.16. The summed E-state index contributed by atoms with van der Waals surface area (Å²) in [7, 11) is 0. The second-order valence-corrected chi connectivity index (χ2v) is 6.14. The van der Waals surface area contributed by atoms with Gasteiger partial charge < -0.3 is 5.32 Å². The number of carbonyl (C=O) groups is 1. The summed E-state index contributed by atoms with van der Waals surface area (Å²) in [5, 5.41) is 3.04. The Balaban J connectivity index is 1.95. The molecule has 1 aliphatic carbocycles. The molecule has 1 amide bonds. The molecule has 3 rings (SSSR count). The molecule has 0 atom stereocenters. The van der Waals surface area contributed by atoms with Gasteiger partial charge in [-0.3, -0.25) is 4.79 Å². The molecule has 2 aromatic carbocycles. The molecule has 0 spiro atoms. The molecule has 0 unspecified atom stereocenters. The van der Waals surface area contributed by atoms with Crippen molar-refractivity contribution in [3.8, 4) is 0 Å². The third-order valence-corrected chi connectivity index (χ3v) is 4.75. The van der Waals surface area contributed by atoms with Gasteiger partial charge in [0.25, 0.3) is 0 Å². The number of anilines is 1. The SMILES string of the molecule is Cc1cccc(C)c1NC(=O)C1(c2ccccc2F)CCC1. The lowest BCUT2D eigenvalue weighted by atomic mass is 9.63. The van der Waals surface area contributed by atoms with Gasteiger partial charge in [0.05, 0.1) is 5.41 Å². The van der Waals surface area contributed by atoms with Gasteiger partial charge >= 0.3 is 0 Å². The zero-order chi connectivity index (χ0) is 15.7. The molecule has 1 saturated carbocycles. The van der Waals surface area contributed by atoms with Crippen molar-refractivity contribution < 1.29 is 9.18 Å². The molecule has 0 heterocycles. The molecule has 0 radical (unpaired) electrons. The Morgan fingerprint density at radius 1 is 1.05 bits per heavy atom. The number of halogens is 1. The van der Waals surface area contributed by atoms with Crippen LogP contribution in [0.1, 0.15) is 36.0 Å². The van der Waals surface area contributed by atoms with Crippen molar-refractivity contribution in [1.82, 2.24) is 0 Å². The first kappa shape index (κ1) is 14.8. The van der Waals surface area contributed by atoms with E-state index in [9.17, 15) is 9.18 Å². The standard InChI is InChI=1S/C19H20FNO/c1-13-7-5-8-14(2)17(13)21-18(22)19(11-6-12-19)15-9-3-4-10-16(15)20/h3-5,7-10H,6,11-12H2,1-2H3,(H,21,22). The molecule has 114 valence electrons. The van der Waals surface area contributed by atoms with Gasteiger partial charge in [0.1, 0.15) is 5.82 Å². The van der Waals surface area contributed by atoms with E-state index in [1.165, 1.54) is 6.07 Å². The summed E-state index contributed by atoms with van der Waals surface area (Å²) < 4.78 is 14.2. The van der Waals surface area contributed by atoms with Crippen LogP contribution in [-0.4, -0.2) is 5.91 Å². The van der Waals surface area contributed by atoms with E-state index < -0.39 is 5.41 Å². The number of nitrogens with one attached hydrogen (secondary N) is 1. The van der Waals surface area contributed by atoms with Gasteiger partial charge in [-0.25, -0.2) is 4.39 Å². The molecule has 2 aromatic rings. The van der Waals surface area contributed by atoms with Gasteiger partial charge in [0, 0.05) is 11.3 Å². The molecule has 0 aromatic heterocycles. The summed E-state index contributed by atoms with van der Waals surface area (Å²) in [6.45, 7) is 3.94. The summed E-state index contributed by atoms with van der Waals surface area (Å²) in [5.41, 5.74) is 2.69. The van der Waals surface area contributed by atoms with Crippen molar-refractivity contribution in [2.24, 2.45) is 0 Å². The van der Waals surface area contributed by atoms with Crippen molar-refractivity contribution in [2.75, 3.05) is 5.32 Å². The summed E-state index contributed by atoms with van der Waals surface area (Å²) in [5.74, 6) is -0.389. The van der Waals surface area contributed by atoms with Crippen molar-refractivity contribution in [1.29, 1.82) is 0 Å². The van der Waals surface area contributed by atoms with E-state index in [4.69, 9.17) is 0 Å². The van der Waals surface area contributed by atoms with E-state index in [1.54, 1.807) is 18.2 Å². The number of amides is 1. The van der Waals surface area contributed by atoms with E-state index in [2.05, 4.69) is 5.32 Å². The molecule has 22 heavy (non-hydrogen) atoms. The fourth-order valence-electron chi connectivity index (χ4n) is 3.24. The molecule has 0 aliphatic heterocycles. The third-order valence-electron chi connectivity index (χ3n) is 4.75. The fraction of sp³-hybridized carbons (Fsp3) is 0.316. The Labute approximate surface area is 130 Å². The molecule has 0 saturated heterocycles. The lowest BCUT2D eigenvalue weighted by Gasteiger charge is -2.41. The molecule has 1 aliphatic rings. The average molecular weight is 297 g/mol. The van der Waals surface area contributed by atoms with Crippen LogP contribution < -0.4 is 5.32 Å². The normalized spacial score (nSPS) is 16.0. The highest BCUT2D eigenvalue weighted by molar-refractivity contribution is 6.01. The van der Waals surface area contributed by atoms with Gasteiger partial charge in [0.2, 0.25) is 5.91 Å². The second kappa shape index (κ2) is 5.56. The van der Waals surface area contributed by atoms with Crippen LogP contribution in [0.15, 0.2) is 42.5 Å². The number of hydrogen-bond donors (Lipinski definition) is 1. The van der Waals surface area contributed by atoms with Crippen LogP contribution in [0.3, 0.4) is 0 Å². The van der Waals surface area contributed by atoms with Crippen LogP contribution in [0, 0.1) is 19.7 Å². The average Bonchev–Trinajstić information content (AvgIpc) is 2.44. The van der Waals surface area contributed by atoms with Crippen molar-refractivity contribution in [2.45, 2.75) is 38.5 Å². The summed E-state index contributed by atoms with van der Waals surface area (Å²) in [6, 6.07) is 12.5. The molecular weight excluding hydrogens is 277 g/mol. The maximum Gasteiger partial charge on any atom is 0.235 e. The minimum absolute atomic E-state index is 0.0961. The van der Waals surface area contributed by atoms with Gasteiger partial charge in [-0.2, -0.15) is 0 Å². The summed E-state index contributed by atoms with van der Waals surface area (Å²) in [4.78, 5) is 12.9. The Bertz CT molecular complexity index is 699. The fourth-order valence-corrected chi connectivity index (χ4v) is 3.24. The largest absolute Gasteiger partial charge is 0.325 e. The second-order valence-electron chi connectivity index (χ2n) is 6.14. The van der Waals surface area contributed by atoms with Crippen molar-refractivity contribution in [3.63, 3.8) is 0 Å². The number of aryl methyl sites for hydroxylation is 2. The quantitative estimate of drug-likeness (QED) is 0.887. The maximum atomic E-state index is 14.2. The number of para-hydroxylation sites is 1. The Morgan fingerprint density at radius 3 is 2.23 bits per heavy atom. The molecular formula is C19H20FNO. The van der Waals surface area contributed by atoms with Crippen molar-refractivity contribution in [3.05, 3.63) is 65.0 Å². The monoisotopic (exact) mass is 297 g/mol. The van der Waals surface area contributed by atoms with Gasteiger partial charge in [-0.05, 0) is 43.9 Å². The summed E-state index contributed by atoms with van der Waals surface area (Å²) in [6.07, 6.45) is 2.35. The topological polar surface area (TPSA) is 29.1 Å². The minimum Gasteiger partial charge on any atom is -0.325 e. The van der Waals surface area contributed by atoms with Gasteiger partial charge in [0.15, 0.2) is 0 Å². The first-order valence-electron chi connectivity index (χ1n) is 7.67. The molecule has 0 bridgehead atoms. The van der Waals surface area contributed by atoms with Gasteiger partial charge in [-0.15, -0.1) is 0 Å². The van der Waals surface area contributed by atoms with Crippen LogP contribution in [0.2, 0.25) is 0 Å². The number of carbonyl (C=O) groups excluding carboxylic acids is 1. The van der Waals surface area contributed by atoms with Crippen LogP contribution >= 0.6 is 0 Å². The van der Waals surface area contributed by atoms with Crippen LogP contribution in [0.5, 0.6) is 0 Å². The molecule has 1 fully saturated rings. The first-order chi connectivity index (χ1) is 10.5. The summed E-state index contributed by atoms with van der Waals surface area (Å²) >= 11 is 0. The lowest BCUT2D eigenvalue weighted by Crippen LogP contribution is -2.46. The highest BCUT2D eigenvalue weighted by atomic mass is 19.1. The highest BCUT2D eigenvalue weighted by Crippen LogP contribution is 2.45. The van der Waals surface area contributed by atoms with E-state index in [-0.39, 0.29) is 11.7 Å². The third kappa shape index (κ3) is 2.31. The Kier molecular flexibility index (Phi) is 3.73. The smallest absolute Gasteiger partial charge is 0.235 e. The van der Waals surface area contributed by atoms with Gasteiger partial charge in [-0.1, -0.05) is 42.8 Å². The predicted octanol–water partition coefficient (Wildman–Crippen LogP) is 4.50. The van der Waals surface area contributed by atoms with E-state index in [0.29, 0.717) is 18.4 Å². The van der Waals surface area contributed by atoms with E-state index in [0.717, 1.165) is 23.2 Å². The molecule has 2 nitrogen and oxygen atoms in total. The van der Waals surface area contributed by atoms with Crippen LogP contribution in [-0.2, 0) is 10.2 Å². The number of benzene rings is 2. The van der Waals surface area contributed by atoms with E-state index in [1.807, 2.05) is 32.0 Å². The maximum absolute atomic E-state index is 14.2. The minimum atomic E-state index is -0.722. The lowest BCUT2D eigenvalue weighted by molar-refractivity contribution is -0.124. The number of rotatable bonds is 3. The van der Waals surface area contributed by atoms with Crippen molar-refractivity contribution >= 4 is 11.6 Å². The van der Waals surface area contributed by atoms with Crippen LogP contribution in [0.25, 0.3) is 0 Å². The molecule has 1 N–H and O–H groups in total. The number of hydrogen-bond acceptors (Lipinski definition) is 1. The first-order valence-corrected chi connectivity index (χ1v) is 7.67. The van der Waals surface area contributed by atoms with E-state index >= 15 is 0 Å². The van der Waals surface area contributed by atoms with Crippen LogP contribution in [0.4, 0.5) is 10.1 Å². The zero-order valence-corrected chi connectivity index (χ0v) is 12.9. The zero-order valence-electron chi connectivity index (χ0n) is 12.9. The molecule has 3 heteroatoms. The highest BCUT2D eigenvalue weighted by Gasteiger charge is 2.47.